The average Bonchev–Trinajstić information content (AvgIpc) is 2.76. The molecule has 0 bridgehead atoms. The van der Waals surface area contributed by atoms with Crippen LogP contribution in [0.25, 0.3) is 0 Å². The van der Waals surface area contributed by atoms with Crippen LogP contribution in [0.4, 0.5) is 24.5 Å². The van der Waals surface area contributed by atoms with Crippen LogP contribution in [-0.2, 0) is 6.54 Å². The lowest BCUT2D eigenvalue weighted by Gasteiger charge is -2.11. The highest BCUT2D eigenvalue weighted by Crippen LogP contribution is 2.29. The summed E-state index contributed by atoms with van der Waals surface area (Å²) in [5.41, 5.74) is 5.85. The Morgan fingerprint density at radius 3 is 2.80 bits per heavy atom. The van der Waals surface area contributed by atoms with E-state index in [0.717, 1.165) is 12.1 Å². The maximum atomic E-state index is 13.4. The maximum Gasteiger partial charge on any atom is 0.387 e. The van der Waals surface area contributed by atoms with Crippen LogP contribution in [0.5, 0.6) is 5.75 Å². The van der Waals surface area contributed by atoms with Crippen LogP contribution in [0.1, 0.15) is 11.7 Å². The smallest absolute Gasteiger partial charge is 0.387 e. The van der Waals surface area contributed by atoms with Crippen LogP contribution >= 0.6 is 0 Å². The summed E-state index contributed by atoms with van der Waals surface area (Å²) in [6.07, 6.45) is 0. The van der Waals surface area contributed by atoms with Gasteiger partial charge in [-0.1, -0.05) is 5.16 Å². The summed E-state index contributed by atoms with van der Waals surface area (Å²) < 4.78 is 46.4. The van der Waals surface area contributed by atoms with Gasteiger partial charge in [-0.3, -0.25) is 0 Å². The van der Waals surface area contributed by atoms with Crippen molar-refractivity contribution in [1.82, 2.24) is 10.1 Å². The summed E-state index contributed by atoms with van der Waals surface area (Å²) in [4.78, 5) is 3.94. The van der Waals surface area contributed by atoms with Gasteiger partial charge in [-0.2, -0.15) is 13.8 Å². The lowest BCUT2D eigenvalue weighted by molar-refractivity contribution is -0.0521. The van der Waals surface area contributed by atoms with Crippen LogP contribution in [0.15, 0.2) is 16.7 Å². The summed E-state index contributed by atoms with van der Waals surface area (Å²) in [6, 6.07) is 1.94. The number of nitrogens with zero attached hydrogens (tertiary/aromatic N) is 2. The molecule has 9 heteroatoms. The zero-order chi connectivity index (χ0) is 14.7. The molecule has 20 heavy (non-hydrogen) atoms. The van der Waals surface area contributed by atoms with Crippen molar-refractivity contribution in [2.75, 3.05) is 11.1 Å². The molecule has 3 N–H and O–H groups in total. The maximum absolute atomic E-state index is 13.4. The van der Waals surface area contributed by atoms with Crippen LogP contribution in [-0.4, -0.2) is 16.8 Å². The van der Waals surface area contributed by atoms with E-state index >= 15 is 0 Å². The van der Waals surface area contributed by atoms with Crippen molar-refractivity contribution in [2.24, 2.45) is 0 Å². The second kappa shape index (κ2) is 5.68. The number of nitrogen functional groups attached to an aromatic ring is 1. The zero-order valence-electron chi connectivity index (χ0n) is 10.4. The number of rotatable bonds is 5. The van der Waals surface area contributed by atoms with Gasteiger partial charge >= 0.3 is 6.61 Å². The van der Waals surface area contributed by atoms with E-state index < -0.39 is 18.2 Å². The molecule has 1 aromatic carbocycles. The van der Waals surface area contributed by atoms with E-state index in [1.807, 2.05) is 0 Å². The molecule has 0 saturated carbocycles. The van der Waals surface area contributed by atoms with E-state index in [4.69, 9.17) is 10.3 Å². The summed E-state index contributed by atoms with van der Waals surface area (Å²) in [6.45, 7) is -1.36. The molecule has 2 aromatic rings. The van der Waals surface area contributed by atoms with Gasteiger partial charge in [-0.05, 0) is 0 Å². The van der Waals surface area contributed by atoms with Gasteiger partial charge in [-0.25, -0.2) is 4.39 Å². The van der Waals surface area contributed by atoms with Crippen LogP contribution in [0.3, 0.4) is 0 Å². The predicted molar refractivity (Wildman–Crippen MR) is 63.8 cm³/mol. The van der Waals surface area contributed by atoms with Crippen molar-refractivity contribution in [3.8, 4) is 5.75 Å². The molecule has 0 spiro atoms. The van der Waals surface area contributed by atoms with Gasteiger partial charge < -0.3 is 20.3 Å². The molecule has 2 rings (SSSR count). The molecular formula is C11H11F3N4O2. The van der Waals surface area contributed by atoms with Crippen LogP contribution < -0.4 is 15.8 Å². The normalized spacial score (nSPS) is 10.8. The average molecular weight is 288 g/mol. The molecule has 0 aliphatic rings. The minimum Gasteiger partial charge on any atom is -0.432 e. The van der Waals surface area contributed by atoms with Crippen molar-refractivity contribution >= 4 is 11.4 Å². The summed E-state index contributed by atoms with van der Waals surface area (Å²) in [7, 11) is 0. The topological polar surface area (TPSA) is 86.2 Å². The number of nitrogens with one attached hydrogen (secondary N) is 1. The highest BCUT2D eigenvalue weighted by molar-refractivity contribution is 5.68. The van der Waals surface area contributed by atoms with Crippen molar-refractivity contribution in [1.29, 1.82) is 0 Å². The van der Waals surface area contributed by atoms with Gasteiger partial charge in [0.05, 0.1) is 17.9 Å². The summed E-state index contributed by atoms with van der Waals surface area (Å²) in [5.74, 6) is -0.831. The van der Waals surface area contributed by atoms with Gasteiger partial charge in [-0.15, -0.1) is 0 Å². The molecule has 0 fully saturated rings. The van der Waals surface area contributed by atoms with E-state index in [1.165, 1.54) is 0 Å². The summed E-state index contributed by atoms with van der Waals surface area (Å²) >= 11 is 0. The van der Waals surface area contributed by atoms with Gasteiger partial charge in [0, 0.05) is 19.1 Å². The van der Waals surface area contributed by atoms with Crippen molar-refractivity contribution in [3.63, 3.8) is 0 Å². The number of hydrogen-bond donors (Lipinski definition) is 2. The molecule has 0 aliphatic carbocycles. The molecule has 1 heterocycles. The first-order valence-electron chi connectivity index (χ1n) is 5.52. The third-order valence-corrected chi connectivity index (χ3v) is 2.33. The zero-order valence-corrected chi connectivity index (χ0v) is 10.4. The lowest BCUT2D eigenvalue weighted by Crippen LogP contribution is -2.08. The molecule has 6 nitrogen and oxygen atoms in total. The Balaban J connectivity index is 2.14. The molecule has 0 amide bonds. The Morgan fingerprint density at radius 1 is 1.45 bits per heavy atom. The first kappa shape index (κ1) is 14.0. The third-order valence-electron chi connectivity index (χ3n) is 2.33. The van der Waals surface area contributed by atoms with Gasteiger partial charge in [0.25, 0.3) is 0 Å². The number of ether oxygens (including phenoxy) is 1. The predicted octanol–water partition coefficient (Wildman–Crippen LogP) is 2.31. The first-order valence-corrected chi connectivity index (χ1v) is 5.52. The number of aromatic nitrogens is 2. The van der Waals surface area contributed by atoms with Gasteiger partial charge in [0.2, 0.25) is 5.89 Å². The van der Waals surface area contributed by atoms with E-state index in [9.17, 15) is 13.2 Å². The Kier molecular flexibility index (Phi) is 3.97. The highest BCUT2D eigenvalue weighted by Gasteiger charge is 2.13. The number of hydrogen-bond acceptors (Lipinski definition) is 6. The third kappa shape index (κ3) is 3.31. The van der Waals surface area contributed by atoms with Crippen molar-refractivity contribution in [3.05, 3.63) is 29.7 Å². The van der Waals surface area contributed by atoms with E-state index in [1.54, 1.807) is 6.92 Å². The Morgan fingerprint density at radius 2 is 2.20 bits per heavy atom. The fraction of sp³-hybridized carbons (Fsp3) is 0.273. The summed E-state index contributed by atoms with van der Waals surface area (Å²) in [5, 5.41) is 6.42. The Bertz CT molecular complexity index is 603. The van der Waals surface area contributed by atoms with Gasteiger partial charge in [0.1, 0.15) is 0 Å². The molecule has 0 saturated heterocycles. The van der Waals surface area contributed by atoms with E-state index in [-0.39, 0.29) is 17.9 Å². The number of alkyl halides is 2. The van der Waals surface area contributed by atoms with E-state index in [0.29, 0.717) is 11.7 Å². The molecule has 0 atom stereocenters. The minimum absolute atomic E-state index is 0.0457. The molecule has 0 unspecified atom stereocenters. The number of nitrogens with two attached hydrogens (primary N) is 1. The van der Waals surface area contributed by atoms with E-state index in [2.05, 4.69) is 20.2 Å². The number of anilines is 2. The first-order chi connectivity index (χ1) is 9.45. The second-order valence-electron chi connectivity index (χ2n) is 3.83. The lowest BCUT2D eigenvalue weighted by atomic mass is 10.2. The minimum atomic E-state index is -3.12. The molecular weight excluding hydrogens is 277 g/mol. The standard InChI is InChI=1S/C11H11F3N4O2/c1-5-17-10(18-20-5)4-16-8-3-9(19-11(13)14)6(12)2-7(8)15/h2-3,11,16H,4,15H2,1H3. The quantitative estimate of drug-likeness (QED) is 0.821. The number of benzene rings is 1. The SMILES string of the molecule is Cc1nc(CNc2cc(OC(F)F)c(F)cc2N)no1. The Hall–Kier alpha value is -2.45. The molecule has 0 radical (unpaired) electrons. The largest absolute Gasteiger partial charge is 0.432 e. The molecule has 108 valence electrons. The highest BCUT2D eigenvalue weighted by atomic mass is 19.3. The van der Waals surface area contributed by atoms with Gasteiger partial charge in [0.15, 0.2) is 17.4 Å². The van der Waals surface area contributed by atoms with Crippen molar-refractivity contribution < 1.29 is 22.4 Å². The molecule has 0 aliphatic heterocycles. The number of halogens is 3. The Labute approximate surface area is 111 Å². The van der Waals surface area contributed by atoms with Crippen LogP contribution in [0.2, 0.25) is 0 Å². The van der Waals surface area contributed by atoms with Crippen LogP contribution in [0, 0.1) is 12.7 Å². The number of aryl methyl sites for hydroxylation is 1. The molecule has 1 aromatic heterocycles. The fourth-order valence-electron chi connectivity index (χ4n) is 1.50. The fourth-order valence-corrected chi connectivity index (χ4v) is 1.50. The second-order valence-corrected chi connectivity index (χ2v) is 3.83. The van der Waals surface area contributed by atoms with Crippen molar-refractivity contribution in [2.45, 2.75) is 20.1 Å². The monoisotopic (exact) mass is 288 g/mol.